The molecule has 2 heterocycles. The summed E-state index contributed by atoms with van der Waals surface area (Å²) in [5.74, 6) is -0.139. The second-order valence-corrected chi connectivity index (χ2v) is 8.85. The Bertz CT molecular complexity index is 1370. The first-order valence-corrected chi connectivity index (χ1v) is 11.8. The summed E-state index contributed by atoms with van der Waals surface area (Å²) in [7, 11) is 1.57. The standard InChI is InChI=1S/C28H25N3O5/c1-36-21-11-8-19(9-12-21)18-30-27(32)23-7-3-2-6-22(23)24(28(30)33)16-20-10-13-25(26(17-20)31(34)35)29-14-4-5-15-29/h2-3,6-13,16-17H,4-5,14-15,18H2,1H3/b24-16+. The van der Waals surface area contributed by atoms with Crippen LogP contribution in [0.25, 0.3) is 11.6 Å². The Morgan fingerprint density at radius 2 is 1.64 bits per heavy atom. The van der Waals surface area contributed by atoms with Crippen molar-refractivity contribution >= 4 is 34.8 Å². The molecule has 0 atom stereocenters. The number of carbonyl (C=O) groups excluding carboxylic acids is 2. The number of amides is 2. The lowest BCUT2D eigenvalue weighted by atomic mass is 9.91. The molecule has 2 aliphatic heterocycles. The van der Waals surface area contributed by atoms with Gasteiger partial charge in [-0.3, -0.25) is 24.6 Å². The second kappa shape index (κ2) is 9.65. The van der Waals surface area contributed by atoms with Crippen LogP contribution in [0.1, 0.15) is 39.9 Å². The number of carbonyl (C=O) groups is 2. The lowest BCUT2D eigenvalue weighted by Gasteiger charge is -2.29. The predicted molar refractivity (Wildman–Crippen MR) is 137 cm³/mol. The van der Waals surface area contributed by atoms with Gasteiger partial charge in [-0.1, -0.05) is 36.4 Å². The summed E-state index contributed by atoms with van der Waals surface area (Å²) >= 11 is 0. The maximum atomic E-state index is 13.6. The second-order valence-electron chi connectivity index (χ2n) is 8.85. The van der Waals surface area contributed by atoms with Gasteiger partial charge < -0.3 is 9.64 Å². The van der Waals surface area contributed by atoms with E-state index in [9.17, 15) is 19.7 Å². The summed E-state index contributed by atoms with van der Waals surface area (Å²) in [6.07, 6.45) is 3.65. The normalized spacial score (nSPS) is 16.4. The molecule has 3 aromatic rings. The maximum absolute atomic E-state index is 13.6. The van der Waals surface area contributed by atoms with Gasteiger partial charge in [0, 0.05) is 30.3 Å². The fraction of sp³-hybridized carbons (Fsp3) is 0.214. The van der Waals surface area contributed by atoms with Crippen molar-refractivity contribution in [2.45, 2.75) is 19.4 Å². The van der Waals surface area contributed by atoms with Crippen molar-refractivity contribution in [3.63, 3.8) is 0 Å². The number of imide groups is 1. The van der Waals surface area contributed by atoms with E-state index in [1.54, 1.807) is 61.7 Å². The number of benzene rings is 3. The number of rotatable bonds is 6. The monoisotopic (exact) mass is 483 g/mol. The number of hydrogen-bond acceptors (Lipinski definition) is 6. The minimum Gasteiger partial charge on any atom is -0.497 e. The quantitative estimate of drug-likeness (QED) is 0.214. The molecule has 2 amide bonds. The average molecular weight is 484 g/mol. The van der Waals surface area contributed by atoms with E-state index in [1.807, 2.05) is 17.0 Å². The van der Waals surface area contributed by atoms with Crippen molar-refractivity contribution in [1.82, 2.24) is 4.90 Å². The van der Waals surface area contributed by atoms with Gasteiger partial charge in [0.25, 0.3) is 17.5 Å². The van der Waals surface area contributed by atoms with Crippen LogP contribution in [-0.2, 0) is 11.3 Å². The van der Waals surface area contributed by atoms with Gasteiger partial charge in [-0.2, -0.15) is 0 Å². The summed E-state index contributed by atoms with van der Waals surface area (Å²) in [6, 6.07) is 19.2. The molecule has 0 radical (unpaired) electrons. The molecule has 2 aliphatic rings. The molecule has 0 aromatic heterocycles. The summed E-state index contributed by atoms with van der Waals surface area (Å²) in [5, 5.41) is 11.9. The van der Waals surface area contributed by atoms with Crippen molar-refractivity contribution in [2.75, 3.05) is 25.1 Å². The zero-order chi connectivity index (χ0) is 25.2. The molecule has 182 valence electrons. The SMILES string of the molecule is COc1ccc(CN2C(=O)/C(=C/c3ccc(N4CCCC4)c([N+](=O)[O-])c3)c3ccccc3C2=O)cc1. The highest BCUT2D eigenvalue weighted by Crippen LogP contribution is 2.35. The number of nitrogens with zero attached hydrogens (tertiary/aromatic N) is 3. The Kier molecular flexibility index (Phi) is 6.25. The van der Waals surface area contributed by atoms with Gasteiger partial charge in [0.05, 0.1) is 18.6 Å². The summed E-state index contributed by atoms with van der Waals surface area (Å²) in [5.41, 5.74) is 3.16. The molecule has 8 heteroatoms. The van der Waals surface area contributed by atoms with Crippen LogP contribution >= 0.6 is 0 Å². The van der Waals surface area contributed by atoms with E-state index in [-0.39, 0.29) is 23.1 Å². The summed E-state index contributed by atoms with van der Waals surface area (Å²) < 4.78 is 5.19. The van der Waals surface area contributed by atoms with E-state index in [1.165, 1.54) is 11.0 Å². The smallest absolute Gasteiger partial charge is 0.293 e. The number of nitro groups is 1. The molecule has 5 rings (SSSR count). The zero-order valence-electron chi connectivity index (χ0n) is 19.8. The van der Waals surface area contributed by atoms with Crippen LogP contribution in [0.15, 0.2) is 66.7 Å². The molecule has 8 nitrogen and oxygen atoms in total. The maximum Gasteiger partial charge on any atom is 0.293 e. The fourth-order valence-electron chi connectivity index (χ4n) is 4.77. The third kappa shape index (κ3) is 4.33. The lowest BCUT2D eigenvalue weighted by Crippen LogP contribution is -2.41. The molecule has 0 bridgehead atoms. The third-order valence-corrected chi connectivity index (χ3v) is 6.62. The predicted octanol–water partition coefficient (Wildman–Crippen LogP) is 4.93. The third-order valence-electron chi connectivity index (χ3n) is 6.62. The molecule has 0 N–H and O–H groups in total. The van der Waals surface area contributed by atoms with E-state index in [0.29, 0.717) is 33.7 Å². The molecule has 0 spiro atoms. The molecule has 3 aromatic carbocycles. The van der Waals surface area contributed by atoms with Crippen LogP contribution in [0.2, 0.25) is 0 Å². The van der Waals surface area contributed by atoms with Crippen molar-refractivity contribution in [2.24, 2.45) is 0 Å². The van der Waals surface area contributed by atoms with Gasteiger partial charge in [0.1, 0.15) is 11.4 Å². The lowest BCUT2D eigenvalue weighted by molar-refractivity contribution is -0.384. The van der Waals surface area contributed by atoms with Crippen molar-refractivity contribution < 1.29 is 19.2 Å². The Morgan fingerprint density at radius 1 is 0.944 bits per heavy atom. The van der Waals surface area contributed by atoms with Gasteiger partial charge in [-0.05, 0) is 59.9 Å². The Hall–Kier alpha value is -4.46. The molecular weight excluding hydrogens is 458 g/mol. The van der Waals surface area contributed by atoms with E-state index in [4.69, 9.17) is 4.74 Å². The number of methoxy groups -OCH3 is 1. The van der Waals surface area contributed by atoms with Gasteiger partial charge in [-0.25, -0.2) is 0 Å². The molecular formula is C28H25N3O5. The van der Waals surface area contributed by atoms with Crippen molar-refractivity contribution in [1.29, 1.82) is 0 Å². The van der Waals surface area contributed by atoms with Crippen LogP contribution in [-0.4, -0.2) is 41.8 Å². The first kappa shape index (κ1) is 23.3. The number of nitro benzene ring substituents is 1. The van der Waals surface area contributed by atoms with E-state index in [0.717, 1.165) is 31.5 Å². The highest BCUT2D eigenvalue weighted by Gasteiger charge is 2.35. The van der Waals surface area contributed by atoms with E-state index >= 15 is 0 Å². The largest absolute Gasteiger partial charge is 0.497 e. The average Bonchev–Trinajstić information content (AvgIpc) is 3.44. The highest BCUT2D eigenvalue weighted by molar-refractivity contribution is 6.33. The van der Waals surface area contributed by atoms with Crippen LogP contribution in [0, 0.1) is 10.1 Å². The van der Waals surface area contributed by atoms with Crippen LogP contribution in [0.5, 0.6) is 5.75 Å². The van der Waals surface area contributed by atoms with E-state index in [2.05, 4.69) is 0 Å². The zero-order valence-corrected chi connectivity index (χ0v) is 19.8. The van der Waals surface area contributed by atoms with Crippen LogP contribution < -0.4 is 9.64 Å². The highest BCUT2D eigenvalue weighted by atomic mass is 16.6. The summed E-state index contributed by atoms with van der Waals surface area (Å²) in [6.45, 7) is 1.67. The fourth-order valence-corrected chi connectivity index (χ4v) is 4.77. The van der Waals surface area contributed by atoms with Gasteiger partial charge in [-0.15, -0.1) is 0 Å². The van der Waals surface area contributed by atoms with Crippen molar-refractivity contribution in [3.05, 3.63) is 99.1 Å². The molecule has 1 fully saturated rings. The Labute approximate surface area is 208 Å². The summed E-state index contributed by atoms with van der Waals surface area (Å²) in [4.78, 5) is 41.5. The molecule has 0 aliphatic carbocycles. The molecule has 1 saturated heterocycles. The van der Waals surface area contributed by atoms with Gasteiger partial charge in [0.15, 0.2) is 0 Å². The number of hydrogen-bond donors (Lipinski definition) is 0. The van der Waals surface area contributed by atoms with Crippen LogP contribution in [0.4, 0.5) is 11.4 Å². The first-order chi connectivity index (χ1) is 17.5. The Morgan fingerprint density at radius 3 is 2.31 bits per heavy atom. The minimum atomic E-state index is -0.444. The number of anilines is 1. The topological polar surface area (TPSA) is 93.0 Å². The van der Waals surface area contributed by atoms with Crippen molar-refractivity contribution in [3.8, 4) is 5.75 Å². The van der Waals surface area contributed by atoms with Gasteiger partial charge >= 0.3 is 0 Å². The van der Waals surface area contributed by atoms with E-state index < -0.39 is 5.91 Å². The van der Waals surface area contributed by atoms with Gasteiger partial charge in [0.2, 0.25) is 0 Å². The number of fused-ring (bicyclic) bond motifs is 1. The van der Waals surface area contributed by atoms with Crippen LogP contribution in [0.3, 0.4) is 0 Å². The number of ether oxygens (including phenoxy) is 1. The Balaban J connectivity index is 1.54. The molecule has 0 unspecified atom stereocenters. The molecule has 0 saturated carbocycles. The minimum absolute atomic E-state index is 0.00830. The first-order valence-electron chi connectivity index (χ1n) is 11.8. The molecule has 36 heavy (non-hydrogen) atoms.